The molecular formula is C14H8N4O. The molecule has 1 aromatic carbocycles. The van der Waals surface area contributed by atoms with Crippen molar-refractivity contribution in [1.82, 2.24) is 19.4 Å². The molecule has 0 saturated heterocycles. The van der Waals surface area contributed by atoms with Gasteiger partial charge in [-0.1, -0.05) is 18.2 Å². The van der Waals surface area contributed by atoms with Crippen LogP contribution in [0.25, 0.3) is 27.6 Å². The Bertz CT molecular complexity index is 991. The zero-order valence-corrected chi connectivity index (χ0v) is 9.82. The first-order valence-corrected chi connectivity index (χ1v) is 5.85. The van der Waals surface area contributed by atoms with Gasteiger partial charge in [-0.15, -0.1) is 0 Å². The van der Waals surface area contributed by atoms with Crippen LogP contribution in [0.4, 0.5) is 0 Å². The third-order valence-electron chi connectivity index (χ3n) is 3.12. The number of benzene rings is 1. The lowest BCUT2D eigenvalue weighted by Crippen LogP contribution is -1.96. The highest BCUT2D eigenvalue weighted by Gasteiger charge is 2.08. The standard InChI is InChI=1S/C14H8N4O/c19-13-5-6-18-12(8-16-13)17-11-7-15-10-4-2-1-3-9(10)14(11)18/h1-8H. The molecule has 0 saturated carbocycles. The Kier molecular flexibility index (Phi) is 1.91. The molecule has 0 fully saturated rings. The van der Waals surface area contributed by atoms with Crippen LogP contribution in [0.2, 0.25) is 0 Å². The molecule has 0 N–H and O–H groups in total. The Hall–Kier alpha value is -2.82. The van der Waals surface area contributed by atoms with Crippen LogP contribution in [-0.4, -0.2) is 19.4 Å². The predicted molar refractivity (Wildman–Crippen MR) is 72.1 cm³/mol. The molecule has 5 nitrogen and oxygen atoms in total. The van der Waals surface area contributed by atoms with Crippen LogP contribution in [-0.2, 0) is 0 Å². The number of fused-ring (bicyclic) bond motifs is 5. The highest BCUT2D eigenvalue weighted by Crippen LogP contribution is 2.23. The molecule has 0 aliphatic heterocycles. The number of aromatic nitrogens is 4. The first-order valence-electron chi connectivity index (χ1n) is 5.85. The van der Waals surface area contributed by atoms with E-state index in [-0.39, 0.29) is 5.56 Å². The number of pyridine rings is 1. The van der Waals surface area contributed by atoms with Gasteiger partial charge < -0.3 is 0 Å². The number of hydrogen-bond donors (Lipinski definition) is 0. The van der Waals surface area contributed by atoms with Crippen molar-refractivity contribution in [3.8, 4) is 0 Å². The van der Waals surface area contributed by atoms with Crippen LogP contribution in [0, 0.1) is 0 Å². The fourth-order valence-electron chi connectivity index (χ4n) is 2.29. The monoisotopic (exact) mass is 248 g/mol. The molecule has 0 aliphatic rings. The van der Waals surface area contributed by atoms with Gasteiger partial charge in [0.05, 0.1) is 23.4 Å². The van der Waals surface area contributed by atoms with Crippen molar-refractivity contribution in [3.05, 3.63) is 59.3 Å². The van der Waals surface area contributed by atoms with Gasteiger partial charge in [0, 0.05) is 17.6 Å². The highest BCUT2D eigenvalue weighted by molar-refractivity contribution is 6.03. The third-order valence-corrected chi connectivity index (χ3v) is 3.12. The van der Waals surface area contributed by atoms with E-state index in [1.54, 1.807) is 12.4 Å². The van der Waals surface area contributed by atoms with E-state index in [1.807, 2.05) is 28.7 Å². The molecular weight excluding hydrogens is 240 g/mol. The molecule has 0 amide bonds. The maximum Gasteiger partial charge on any atom is 0.271 e. The molecule has 0 bridgehead atoms. The maximum absolute atomic E-state index is 11.3. The van der Waals surface area contributed by atoms with Gasteiger partial charge in [0.1, 0.15) is 5.52 Å². The summed E-state index contributed by atoms with van der Waals surface area (Å²) in [7, 11) is 0. The van der Waals surface area contributed by atoms with Crippen LogP contribution in [0.3, 0.4) is 0 Å². The molecule has 3 aromatic heterocycles. The van der Waals surface area contributed by atoms with Gasteiger partial charge >= 0.3 is 0 Å². The second kappa shape index (κ2) is 3.58. The predicted octanol–water partition coefficient (Wildman–Crippen LogP) is 1.79. The van der Waals surface area contributed by atoms with E-state index in [1.165, 1.54) is 12.3 Å². The van der Waals surface area contributed by atoms with Crippen molar-refractivity contribution in [2.75, 3.05) is 0 Å². The Morgan fingerprint density at radius 2 is 1.84 bits per heavy atom. The summed E-state index contributed by atoms with van der Waals surface area (Å²) in [6.45, 7) is 0. The van der Waals surface area contributed by atoms with Crippen molar-refractivity contribution >= 4 is 27.6 Å². The summed E-state index contributed by atoms with van der Waals surface area (Å²) in [6, 6.07) is 9.29. The molecule has 19 heavy (non-hydrogen) atoms. The average molecular weight is 248 g/mol. The van der Waals surface area contributed by atoms with E-state index in [2.05, 4.69) is 15.0 Å². The summed E-state index contributed by atoms with van der Waals surface area (Å²) >= 11 is 0. The Labute approximate surface area is 107 Å². The Morgan fingerprint density at radius 3 is 2.79 bits per heavy atom. The molecule has 0 aliphatic carbocycles. The lowest BCUT2D eigenvalue weighted by molar-refractivity contribution is 1.24. The van der Waals surface area contributed by atoms with Gasteiger partial charge in [-0.05, 0) is 6.07 Å². The smallest absolute Gasteiger partial charge is 0.271 e. The molecule has 0 unspecified atom stereocenters. The fraction of sp³-hybridized carbons (Fsp3) is 0. The highest BCUT2D eigenvalue weighted by atomic mass is 16.1. The van der Waals surface area contributed by atoms with Gasteiger partial charge in [-0.2, -0.15) is 0 Å². The molecule has 3 heterocycles. The quantitative estimate of drug-likeness (QED) is 0.476. The molecule has 5 heteroatoms. The lowest BCUT2D eigenvalue weighted by Gasteiger charge is -1.98. The van der Waals surface area contributed by atoms with Gasteiger partial charge in [0.25, 0.3) is 5.56 Å². The van der Waals surface area contributed by atoms with Crippen molar-refractivity contribution in [3.63, 3.8) is 0 Å². The first-order chi connectivity index (χ1) is 9.33. The summed E-state index contributed by atoms with van der Waals surface area (Å²) in [4.78, 5) is 23.9. The Morgan fingerprint density at radius 1 is 0.947 bits per heavy atom. The molecule has 0 radical (unpaired) electrons. The summed E-state index contributed by atoms with van der Waals surface area (Å²) in [5.41, 5.74) is 2.99. The summed E-state index contributed by atoms with van der Waals surface area (Å²) in [5, 5.41) is 1.01. The van der Waals surface area contributed by atoms with E-state index in [9.17, 15) is 4.79 Å². The third kappa shape index (κ3) is 1.41. The van der Waals surface area contributed by atoms with E-state index < -0.39 is 0 Å². The minimum absolute atomic E-state index is 0.281. The molecule has 0 spiro atoms. The van der Waals surface area contributed by atoms with Crippen molar-refractivity contribution in [2.24, 2.45) is 0 Å². The SMILES string of the molecule is O=c1ccn2c(cn1)nc1cnc3ccccc3c12. The molecule has 4 aromatic rings. The molecule has 90 valence electrons. The van der Waals surface area contributed by atoms with Crippen LogP contribution < -0.4 is 5.56 Å². The average Bonchev–Trinajstić information content (AvgIpc) is 2.71. The van der Waals surface area contributed by atoms with Crippen LogP contribution in [0.5, 0.6) is 0 Å². The minimum Gasteiger partial charge on any atom is -0.297 e. The van der Waals surface area contributed by atoms with Gasteiger partial charge in [-0.3, -0.25) is 14.2 Å². The molecule has 0 atom stereocenters. The number of rotatable bonds is 0. The second-order valence-corrected chi connectivity index (χ2v) is 4.26. The zero-order chi connectivity index (χ0) is 12.8. The van der Waals surface area contributed by atoms with Crippen molar-refractivity contribution in [1.29, 1.82) is 0 Å². The van der Waals surface area contributed by atoms with Gasteiger partial charge in [0.2, 0.25) is 0 Å². The van der Waals surface area contributed by atoms with E-state index in [0.717, 1.165) is 21.9 Å². The van der Waals surface area contributed by atoms with Gasteiger partial charge in [-0.25, -0.2) is 9.97 Å². The fourth-order valence-corrected chi connectivity index (χ4v) is 2.29. The van der Waals surface area contributed by atoms with Crippen molar-refractivity contribution in [2.45, 2.75) is 0 Å². The number of imidazole rings is 1. The number of nitrogens with zero attached hydrogens (tertiary/aromatic N) is 4. The second-order valence-electron chi connectivity index (χ2n) is 4.26. The summed E-state index contributed by atoms with van der Waals surface area (Å²) in [5.74, 6) is 0. The van der Waals surface area contributed by atoms with Crippen molar-refractivity contribution < 1.29 is 0 Å². The largest absolute Gasteiger partial charge is 0.297 e. The van der Waals surface area contributed by atoms with E-state index in [4.69, 9.17) is 0 Å². The van der Waals surface area contributed by atoms with Crippen LogP contribution in [0.1, 0.15) is 0 Å². The van der Waals surface area contributed by atoms with Gasteiger partial charge in [0.15, 0.2) is 5.65 Å². The number of para-hydroxylation sites is 1. The topological polar surface area (TPSA) is 60.2 Å². The zero-order valence-electron chi connectivity index (χ0n) is 9.82. The lowest BCUT2D eigenvalue weighted by atomic mass is 10.2. The molecule has 4 rings (SSSR count). The first kappa shape index (κ1) is 10.1. The Balaban J connectivity index is 2.35. The minimum atomic E-state index is -0.281. The van der Waals surface area contributed by atoms with E-state index in [0.29, 0.717) is 5.65 Å². The summed E-state index contributed by atoms with van der Waals surface area (Å²) in [6.07, 6.45) is 4.92. The number of hydrogen-bond acceptors (Lipinski definition) is 4. The van der Waals surface area contributed by atoms with Crippen LogP contribution in [0.15, 0.2) is 53.7 Å². The summed E-state index contributed by atoms with van der Waals surface area (Å²) < 4.78 is 1.87. The maximum atomic E-state index is 11.3. The van der Waals surface area contributed by atoms with E-state index >= 15 is 0 Å². The van der Waals surface area contributed by atoms with Crippen LogP contribution >= 0.6 is 0 Å². The normalized spacial score (nSPS) is 11.4.